The lowest BCUT2D eigenvalue weighted by Gasteiger charge is -2.12. The topological polar surface area (TPSA) is 75.2 Å². The Balaban J connectivity index is 1.41. The average molecular weight is 484 g/mol. The summed E-state index contributed by atoms with van der Waals surface area (Å²) >= 11 is 0. The fraction of sp³-hybridized carbons (Fsp3) is 0. The molecule has 7 rings (SSSR count). The Bertz CT molecular complexity index is 2040. The summed E-state index contributed by atoms with van der Waals surface area (Å²) in [6, 6.07) is 31.4. The van der Waals surface area contributed by atoms with Gasteiger partial charge in [0.25, 0.3) is 0 Å². The van der Waals surface area contributed by atoms with Crippen LogP contribution >= 0.6 is 0 Å². The van der Waals surface area contributed by atoms with Crippen molar-refractivity contribution in [1.29, 1.82) is 5.26 Å². The fourth-order valence-corrected chi connectivity index (χ4v) is 6.40. The van der Waals surface area contributed by atoms with E-state index in [1.807, 2.05) is 48.5 Å². The number of hydrogen-bond donors (Lipinski definition) is 0. The molecule has 1 aliphatic carbocycles. The van der Waals surface area contributed by atoms with Gasteiger partial charge in [-0.25, -0.2) is 13.4 Å². The van der Waals surface area contributed by atoms with Gasteiger partial charge in [-0.15, -0.1) is 0 Å². The van der Waals surface area contributed by atoms with E-state index in [0.717, 1.165) is 49.7 Å². The van der Waals surface area contributed by atoms with Crippen LogP contribution in [-0.4, -0.2) is 13.0 Å². The molecule has 1 aliphatic heterocycles. The summed E-state index contributed by atoms with van der Waals surface area (Å²) in [5.74, 6) is 0. The van der Waals surface area contributed by atoms with E-state index in [1.54, 1.807) is 12.1 Å². The number of benzene rings is 4. The first kappa shape index (κ1) is 20.6. The Kier molecular flexibility index (Phi) is 4.23. The Morgan fingerprint density at radius 3 is 2.19 bits per heavy atom. The second kappa shape index (κ2) is 7.38. The number of nitriles is 1. The number of rotatable bonds is 3. The van der Waals surface area contributed by atoms with E-state index in [9.17, 15) is 8.42 Å². The first-order chi connectivity index (χ1) is 17.6. The number of allylic oxidation sites excluding steroid dienone is 1. The maximum atomic E-state index is 13.2. The zero-order chi connectivity index (χ0) is 24.4. The number of fused-ring (bicyclic) bond motifs is 6. The van der Waals surface area contributed by atoms with Gasteiger partial charge in [0.05, 0.1) is 43.7 Å². The predicted octanol–water partition coefficient (Wildman–Crippen LogP) is 4.52. The molecular weight excluding hydrogens is 466 g/mol. The highest BCUT2D eigenvalue weighted by Gasteiger charge is 2.30. The van der Waals surface area contributed by atoms with Crippen LogP contribution in [0.1, 0.15) is 16.8 Å². The van der Waals surface area contributed by atoms with Gasteiger partial charge in [-0.2, -0.15) is 5.26 Å². The molecule has 0 spiro atoms. The molecule has 0 unspecified atom stereocenters. The molecule has 0 saturated carbocycles. The number of sulfone groups is 1. The van der Waals surface area contributed by atoms with Gasteiger partial charge in [0.1, 0.15) is 0 Å². The summed E-state index contributed by atoms with van der Waals surface area (Å²) in [5.41, 5.74) is 6.61. The third-order valence-corrected chi connectivity index (χ3v) is 8.59. The lowest BCUT2D eigenvalue weighted by Crippen LogP contribution is -2.22. The second-order valence-electron chi connectivity index (χ2n) is 8.78. The zero-order valence-electron chi connectivity index (χ0n) is 18.9. The first-order valence-corrected chi connectivity index (χ1v) is 12.9. The van der Waals surface area contributed by atoms with Gasteiger partial charge in [0.15, 0.2) is 0 Å². The highest BCUT2D eigenvalue weighted by molar-refractivity contribution is 7.91. The third-order valence-electron chi connectivity index (χ3n) is 6.80. The van der Waals surface area contributed by atoms with Crippen molar-refractivity contribution in [3.8, 4) is 11.8 Å². The normalized spacial score (nSPS) is 13.5. The monoisotopic (exact) mass is 483 g/mol. The van der Waals surface area contributed by atoms with Crippen molar-refractivity contribution in [1.82, 2.24) is 4.57 Å². The van der Waals surface area contributed by atoms with Crippen molar-refractivity contribution >= 4 is 32.4 Å². The van der Waals surface area contributed by atoms with Gasteiger partial charge in [-0.05, 0) is 66.7 Å². The molecule has 0 N–H and O–H groups in total. The van der Waals surface area contributed by atoms with Crippen molar-refractivity contribution in [2.75, 3.05) is 0 Å². The van der Waals surface area contributed by atoms with Crippen LogP contribution in [0.5, 0.6) is 0 Å². The molecule has 0 atom stereocenters. The number of hydrogen-bond acceptors (Lipinski definition) is 4. The fourth-order valence-electron chi connectivity index (χ4n) is 5.14. The molecule has 2 aliphatic rings. The van der Waals surface area contributed by atoms with Gasteiger partial charge in [0, 0.05) is 27.4 Å². The molecular formula is C30H17N3O2S. The minimum absolute atomic E-state index is 0.162. The molecule has 0 radical (unpaired) electrons. The quantitative estimate of drug-likeness (QED) is 0.379. The van der Waals surface area contributed by atoms with E-state index >= 15 is 0 Å². The summed E-state index contributed by atoms with van der Waals surface area (Å²) in [7, 11) is -3.71. The molecule has 2 heterocycles. The molecule has 1 aromatic heterocycles. The zero-order valence-corrected chi connectivity index (χ0v) is 19.7. The molecule has 5 nitrogen and oxygen atoms in total. The molecule has 36 heavy (non-hydrogen) atoms. The molecule has 0 saturated heterocycles. The summed E-state index contributed by atoms with van der Waals surface area (Å²) in [6.07, 6.45) is 2.15. The predicted molar refractivity (Wildman–Crippen MR) is 138 cm³/mol. The van der Waals surface area contributed by atoms with Gasteiger partial charge >= 0.3 is 0 Å². The lowest BCUT2D eigenvalue weighted by atomic mass is 10.1. The van der Waals surface area contributed by atoms with Crippen LogP contribution in [0.2, 0.25) is 0 Å². The average Bonchev–Trinajstić information content (AvgIpc) is 3.55. The molecule has 0 bridgehead atoms. The summed E-state index contributed by atoms with van der Waals surface area (Å²) in [4.78, 5) is 5.21. The number of nitrogens with zero attached hydrogens (tertiary/aromatic N) is 3. The third kappa shape index (κ3) is 2.81. The van der Waals surface area contributed by atoms with Crippen LogP contribution in [-0.2, 0) is 9.84 Å². The first-order valence-electron chi connectivity index (χ1n) is 11.5. The molecule has 170 valence electrons. The Morgan fingerprint density at radius 2 is 1.44 bits per heavy atom. The maximum absolute atomic E-state index is 13.2. The maximum Gasteiger partial charge on any atom is 0.206 e. The highest BCUT2D eigenvalue weighted by atomic mass is 32.2. The minimum Gasteiger partial charge on any atom is -0.309 e. The van der Waals surface area contributed by atoms with Crippen molar-refractivity contribution in [2.45, 2.75) is 9.79 Å². The lowest BCUT2D eigenvalue weighted by molar-refractivity contribution is 0.596. The van der Waals surface area contributed by atoms with E-state index in [1.165, 1.54) is 24.3 Å². The van der Waals surface area contributed by atoms with Crippen molar-refractivity contribution in [3.05, 3.63) is 130 Å². The van der Waals surface area contributed by atoms with E-state index in [0.29, 0.717) is 5.56 Å². The molecule has 0 amide bonds. The van der Waals surface area contributed by atoms with Crippen LogP contribution in [0, 0.1) is 11.3 Å². The van der Waals surface area contributed by atoms with Crippen LogP contribution in [0.25, 0.3) is 28.2 Å². The number of aromatic nitrogens is 1. The van der Waals surface area contributed by atoms with E-state index in [-0.39, 0.29) is 9.79 Å². The standard InChI is InChI=1S/C30H17N3O2S/c31-18-19-9-13-21(14-10-19)36(34,35)22-15-11-20(12-16-22)33-28-8-4-2-5-23(28)25-17-27-29(30(25)33)24-6-1-3-7-26(24)32-27/h1-17H. The van der Waals surface area contributed by atoms with Crippen molar-refractivity contribution < 1.29 is 8.42 Å². The summed E-state index contributed by atoms with van der Waals surface area (Å²) in [6.45, 7) is 0. The minimum atomic E-state index is -3.71. The van der Waals surface area contributed by atoms with Gasteiger partial charge in [-0.1, -0.05) is 36.4 Å². The van der Waals surface area contributed by atoms with E-state index in [2.05, 4.69) is 28.8 Å². The molecule has 6 heteroatoms. The van der Waals surface area contributed by atoms with Gasteiger partial charge in [-0.3, -0.25) is 0 Å². The van der Waals surface area contributed by atoms with Crippen LogP contribution in [0.3, 0.4) is 0 Å². The largest absolute Gasteiger partial charge is 0.309 e. The second-order valence-corrected chi connectivity index (χ2v) is 10.7. The Labute approximate surface area is 207 Å². The molecule has 5 aromatic rings. The smallest absolute Gasteiger partial charge is 0.206 e. The summed E-state index contributed by atoms with van der Waals surface area (Å²) in [5, 5.41) is 12.2. The molecule has 0 fully saturated rings. The van der Waals surface area contributed by atoms with Gasteiger partial charge < -0.3 is 4.57 Å². The number of para-hydroxylation sites is 2. The van der Waals surface area contributed by atoms with Crippen molar-refractivity contribution in [3.63, 3.8) is 0 Å². The molecule has 4 aromatic carbocycles. The van der Waals surface area contributed by atoms with Crippen LogP contribution < -0.4 is 10.6 Å². The van der Waals surface area contributed by atoms with Crippen LogP contribution in [0.4, 0.5) is 0 Å². The SMILES string of the molecule is N#Cc1ccc(S(=O)(=O)c2ccc(-n3c4c(c5ccccc53)C=C3N=c5ccccc5=C34)cc2)cc1. The van der Waals surface area contributed by atoms with Gasteiger partial charge in [0.2, 0.25) is 9.84 Å². The van der Waals surface area contributed by atoms with Crippen molar-refractivity contribution in [2.24, 2.45) is 4.99 Å². The van der Waals surface area contributed by atoms with Crippen LogP contribution in [0.15, 0.2) is 118 Å². The Morgan fingerprint density at radius 1 is 0.778 bits per heavy atom. The van der Waals surface area contributed by atoms with E-state index in [4.69, 9.17) is 10.3 Å². The Hall–Kier alpha value is -4.73. The summed E-state index contributed by atoms with van der Waals surface area (Å²) < 4.78 is 28.6. The highest BCUT2D eigenvalue weighted by Crippen LogP contribution is 2.43. The van der Waals surface area contributed by atoms with E-state index < -0.39 is 9.84 Å².